The molecule has 0 aliphatic heterocycles. The molecule has 2 aromatic carbocycles. The second kappa shape index (κ2) is 5.43. The van der Waals surface area contributed by atoms with Crippen LogP contribution in [0.2, 0.25) is 5.02 Å². The Labute approximate surface area is 125 Å². The number of para-hydroxylation sites is 1. The van der Waals surface area contributed by atoms with Crippen LogP contribution < -0.4 is 0 Å². The van der Waals surface area contributed by atoms with Crippen molar-refractivity contribution in [3.63, 3.8) is 0 Å². The van der Waals surface area contributed by atoms with Gasteiger partial charge in [0.25, 0.3) is 0 Å². The molecule has 0 aliphatic rings. The number of alkyl halides is 1. The van der Waals surface area contributed by atoms with E-state index in [1.807, 2.05) is 28.8 Å². The number of imidazole rings is 1. The van der Waals surface area contributed by atoms with Crippen molar-refractivity contribution in [1.82, 2.24) is 9.55 Å². The maximum Gasteiger partial charge on any atom is 0.125 e. The summed E-state index contributed by atoms with van der Waals surface area (Å²) < 4.78 is 15.2. The minimum atomic E-state index is -0.259. The highest BCUT2D eigenvalue weighted by Gasteiger charge is 2.13. The first kappa shape index (κ1) is 13.4. The van der Waals surface area contributed by atoms with E-state index in [2.05, 4.69) is 4.98 Å². The van der Waals surface area contributed by atoms with Gasteiger partial charge in [0.15, 0.2) is 0 Å². The molecule has 1 aromatic heterocycles. The van der Waals surface area contributed by atoms with Crippen molar-refractivity contribution < 1.29 is 4.39 Å². The van der Waals surface area contributed by atoms with Crippen LogP contribution >= 0.6 is 23.2 Å². The SMILES string of the molecule is Fc1cccc(Cn2c(CCl)nc3cccc(Cl)c32)c1. The van der Waals surface area contributed by atoms with Crippen LogP contribution in [-0.2, 0) is 12.4 Å². The summed E-state index contributed by atoms with van der Waals surface area (Å²) in [5.74, 6) is 0.741. The van der Waals surface area contributed by atoms with Gasteiger partial charge in [-0.2, -0.15) is 0 Å². The molecule has 1 heterocycles. The van der Waals surface area contributed by atoms with Crippen molar-refractivity contribution in [3.05, 3.63) is 64.7 Å². The number of aromatic nitrogens is 2. The summed E-state index contributed by atoms with van der Waals surface area (Å²) in [6.45, 7) is 0.486. The third-order valence-corrected chi connectivity index (χ3v) is 3.69. The molecule has 3 aromatic rings. The summed E-state index contributed by atoms with van der Waals surface area (Å²) in [5.41, 5.74) is 2.47. The maximum atomic E-state index is 13.3. The lowest BCUT2D eigenvalue weighted by Gasteiger charge is -2.09. The summed E-state index contributed by atoms with van der Waals surface area (Å²) in [4.78, 5) is 4.46. The van der Waals surface area contributed by atoms with Gasteiger partial charge < -0.3 is 4.57 Å². The highest BCUT2D eigenvalue weighted by molar-refractivity contribution is 6.35. The standard InChI is InChI=1S/C15H11Cl2FN2/c16-8-14-19-13-6-2-5-12(17)15(13)20(14)9-10-3-1-4-11(18)7-10/h1-7H,8-9H2. The van der Waals surface area contributed by atoms with Gasteiger partial charge in [-0.15, -0.1) is 11.6 Å². The van der Waals surface area contributed by atoms with E-state index in [4.69, 9.17) is 23.2 Å². The average Bonchev–Trinajstić information content (AvgIpc) is 2.78. The van der Waals surface area contributed by atoms with Gasteiger partial charge in [0.05, 0.1) is 21.9 Å². The van der Waals surface area contributed by atoms with E-state index in [-0.39, 0.29) is 11.7 Å². The minimum Gasteiger partial charge on any atom is -0.321 e. The quantitative estimate of drug-likeness (QED) is 0.646. The van der Waals surface area contributed by atoms with E-state index >= 15 is 0 Å². The third kappa shape index (κ3) is 2.39. The van der Waals surface area contributed by atoms with E-state index in [9.17, 15) is 4.39 Å². The smallest absolute Gasteiger partial charge is 0.125 e. The molecule has 2 nitrogen and oxygen atoms in total. The fraction of sp³-hybridized carbons (Fsp3) is 0.133. The van der Waals surface area contributed by atoms with E-state index in [0.29, 0.717) is 11.6 Å². The van der Waals surface area contributed by atoms with Crippen molar-refractivity contribution in [3.8, 4) is 0 Å². The third-order valence-electron chi connectivity index (χ3n) is 3.15. The van der Waals surface area contributed by atoms with Crippen LogP contribution in [0.3, 0.4) is 0 Å². The highest BCUT2D eigenvalue weighted by Crippen LogP contribution is 2.26. The minimum absolute atomic E-state index is 0.259. The molecule has 0 spiro atoms. The zero-order valence-electron chi connectivity index (χ0n) is 10.5. The average molecular weight is 309 g/mol. The topological polar surface area (TPSA) is 17.8 Å². The van der Waals surface area contributed by atoms with Crippen LogP contribution in [0.4, 0.5) is 4.39 Å². The lowest BCUT2D eigenvalue weighted by atomic mass is 10.2. The van der Waals surface area contributed by atoms with E-state index in [1.54, 1.807) is 6.07 Å². The Bertz CT molecular complexity index is 768. The Balaban J connectivity index is 2.14. The molecule has 20 heavy (non-hydrogen) atoms. The van der Waals surface area contributed by atoms with Crippen LogP contribution in [0, 0.1) is 5.82 Å². The molecule has 0 aliphatic carbocycles. The first-order valence-corrected chi connectivity index (χ1v) is 7.04. The summed E-state index contributed by atoms with van der Waals surface area (Å²) >= 11 is 12.2. The van der Waals surface area contributed by atoms with E-state index < -0.39 is 0 Å². The van der Waals surface area contributed by atoms with Crippen molar-refractivity contribution in [2.75, 3.05) is 0 Å². The number of rotatable bonds is 3. The second-order valence-electron chi connectivity index (χ2n) is 4.49. The molecule has 0 N–H and O–H groups in total. The van der Waals surface area contributed by atoms with Gasteiger partial charge in [-0.3, -0.25) is 0 Å². The van der Waals surface area contributed by atoms with E-state index in [0.717, 1.165) is 22.4 Å². The molecule has 0 amide bonds. The molecule has 0 saturated heterocycles. The number of hydrogen-bond acceptors (Lipinski definition) is 1. The normalized spacial score (nSPS) is 11.2. The highest BCUT2D eigenvalue weighted by atomic mass is 35.5. The summed E-state index contributed by atoms with van der Waals surface area (Å²) in [6, 6.07) is 12.0. The lowest BCUT2D eigenvalue weighted by molar-refractivity contribution is 0.623. The number of nitrogens with zero attached hydrogens (tertiary/aromatic N) is 2. The first-order chi connectivity index (χ1) is 9.69. The van der Waals surface area contributed by atoms with Crippen molar-refractivity contribution in [1.29, 1.82) is 0 Å². The number of benzene rings is 2. The molecular weight excluding hydrogens is 298 g/mol. The van der Waals surface area contributed by atoms with Gasteiger partial charge in [0.2, 0.25) is 0 Å². The Morgan fingerprint density at radius 2 is 1.95 bits per heavy atom. The summed E-state index contributed by atoms with van der Waals surface area (Å²) in [6.07, 6.45) is 0. The van der Waals surface area contributed by atoms with Gasteiger partial charge in [-0.1, -0.05) is 29.8 Å². The molecule has 0 fully saturated rings. The first-order valence-electron chi connectivity index (χ1n) is 6.13. The molecule has 0 saturated carbocycles. The number of fused-ring (bicyclic) bond motifs is 1. The summed E-state index contributed by atoms with van der Waals surface area (Å²) in [7, 11) is 0. The molecular formula is C15H11Cl2FN2. The molecule has 3 rings (SSSR count). The van der Waals surface area contributed by atoms with Crippen LogP contribution in [0.5, 0.6) is 0 Å². The fourth-order valence-electron chi connectivity index (χ4n) is 2.28. The van der Waals surface area contributed by atoms with E-state index in [1.165, 1.54) is 12.1 Å². The van der Waals surface area contributed by atoms with Gasteiger partial charge in [-0.25, -0.2) is 9.37 Å². The van der Waals surface area contributed by atoms with Gasteiger partial charge >= 0.3 is 0 Å². The molecule has 0 atom stereocenters. The molecule has 0 unspecified atom stereocenters. The van der Waals surface area contributed by atoms with Crippen LogP contribution in [-0.4, -0.2) is 9.55 Å². The maximum absolute atomic E-state index is 13.3. The Morgan fingerprint density at radius 1 is 1.15 bits per heavy atom. The number of halogens is 3. The van der Waals surface area contributed by atoms with Gasteiger partial charge in [0, 0.05) is 6.54 Å². The van der Waals surface area contributed by atoms with Crippen molar-refractivity contribution in [2.45, 2.75) is 12.4 Å². The predicted molar refractivity (Wildman–Crippen MR) is 79.8 cm³/mol. The zero-order chi connectivity index (χ0) is 14.1. The summed E-state index contributed by atoms with van der Waals surface area (Å²) in [5, 5.41) is 0.614. The fourth-order valence-corrected chi connectivity index (χ4v) is 2.76. The molecule has 0 bridgehead atoms. The van der Waals surface area contributed by atoms with Crippen molar-refractivity contribution >= 4 is 34.2 Å². The van der Waals surface area contributed by atoms with Crippen LogP contribution in [0.1, 0.15) is 11.4 Å². The van der Waals surface area contributed by atoms with Crippen LogP contribution in [0.15, 0.2) is 42.5 Å². The van der Waals surface area contributed by atoms with Gasteiger partial charge in [0.1, 0.15) is 11.6 Å². The zero-order valence-corrected chi connectivity index (χ0v) is 12.0. The Morgan fingerprint density at radius 3 is 2.70 bits per heavy atom. The second-order valence-corrected chi connectivity index (χ2v) is 5.16. The predicted octanol–water partition coefficient (Wildman–Crippen LogP) is 4.62. The van der Waals surface area contributed by atoms with Crippen LogP contribution in [0.25, 0.3) is 11.0 Å². The lowest BCUT2D eigenvalue weighted by Crippen LogP contribution is -2.04. The Hall–Kier alpha value is -1.58. The van der Waals surface area contributed by atoms with Gasteiger partial charge in [-0.05, 0) is 29.8 Å². The Kier molecular flexibility index (Phi) is 3.64. The molecule has 102 valence electrons. The molecule has 5 heteroatoms. The largest absolute Gasteiger partial charge is 0.321 e. The number of hydrogen-bond donors (Lipinski definition) is 0. The monoisotopic (exact) mass is 308 g/mol. The molecule has 0 radical (unpaired) electrons. The van der Waals surface area contributed by atoms with Crippen molar-refractivity contribution in [2.24, 2.45) is 0 Å².